The van der Waals surface area contributed by atoms with Crippen LogP contribution in [0.15, 0.2) is 47.4 Å². The molecule has 0 spiro atoms. The maximum atomic E-state index is 11.4. The largest absolute Gasteiger partial charge is 0.399 e. The minimum Gasteiger partial charge on any atom is -0.399 e. The zero-order valence-electron chi connectivity index (χ0n) is 11.3. The van der Waals surface area contributed by atoms with Crippen LogP contribution in [0.1, 0.15) is 11.1 Å². The number of nitrogen functional groups attached to an aromatic ring is 1. The Morgan fingerprint density at radius 1 is 1.10 bits per heavy atom. The molecule has 0 saturated carbocycles. The van der Waals surface area contributed by atoms with Crippen molar-refractivity contribution in [3.05, 3.63) is 53.6 Å². The number of primary sulfonamides is 1. The van der Waals surface area contributed by atoms with Crippen molar-refractivity contribution in [1.82, 2.24) is 0 Å². The number of hydrogen-bond acceptors (Lipinski definition) is 5. The molecule has 2 aromatic carbocycles. The average Bonchev–Trinajstić information content (AvgIpc) is 2.44. The van der Waals surface area contributed by atoms with E-state index in [0.717, 1.165) is 11.1 Å². The second-order valence-corrected chi connectivity index (χ2v) is 6.23. The zero-order valence-corrected chi connectivity index (χ0v) is 12.1. The van der Waals surface area contributed by atoms with E-state index in [1.807, 2.05) is 24.3 Å². The molecule has 21 heavy (non-hydrogen) atoms. The molecule has 2 aromatic rings. The Hall–Kier alpha value is -2.09. The van der Waals surface area contributed by atoms with Gasteiger partial charge in [-0.1, -0.05) is 24.3 Å². The third-order valence-electron chi connectivity index (χ3n) is 2.93. The predicted octanol–water partition coefficient (Wildman–Crippen LogP) is 1.02. The summed E-state index contributed by atoms with van der Waals surface area (Å²) < 4.78 is 22.7. The summed E-state index contributed by atoms with van der Waals surface area (Å²) in [5, 5.41) is 17.3. The molecular formula is C14H17N3O3S. The van der Waals surface area contributed by atoms with Gasteiger partial charge < -0.3 is 16.2 Å². The molecule has 0 saturated heterocycles. The van der Waals surface area contributed by atoms with Crippen LogP contribution in [0.3, 0.4) is 0 Å². The lowest BCUT2D eigenvalue weighted by molar-refractivity contribution is 0.281. The number of nitrogens with one attached hydrogen (secondary N) is 1. The number of rotatable bonds is 5. The Kier molecular flexibility index (Phi) is 4.46. The van der Waals surface area contributed by atoms with Crippen LogP contribution in [-0.2, 0) is 23.2 Å². The zero-order chi connectivity index (χ0) is 15.5. The summed E-state index contributed by atoms with van der Waals surface area (Å²) in [6.07, 6.45) is 0. The Morgan fingerprint density at radius 2 is 1.81 bits per heavy atom. The molecule has 0 aliphatic rings. The lowest BCUT2D eigenvalue weighted by Crippen LogP contribution is -2.13. The number of anilines is 2. The second-order valence-electron chi connectivity index (χ2n) is 4.67. The standard InChI is InChI=1S/C14H17N3O3S/c15-12-5-13(7-14(6-12)21(16,19)20)17-8-10-2-1-3-11(4-10)9-18/h1-7,17-18H,8-9,15H2,(H2,16,19,20). The van der Waals surface area contributed by atoms with Gasteiger partial charge in [-0.05, 0) is 29.3 Å². The fourth-order valence-corrected chi connectivity index (χ4v) is 2.52. The molecule has 7 heteroatoms. The SMILES string of the molecule is Nc1cc(NCc2cccc(CO)c2)cc(S(N)(=O)=O)c1. The van der Waals surface area contributed by atoms with Gasteiger partial charge in [0.25, 0.3) is 0 Å². The first-order valence-electron chi connectivity index (χ1n) is 6.24. The molecule has 0 aromatic heterocycles. The summed E-state index contributed by atoms with van der Waals surface area (Å²) in [6.45, 7) is 0.447. The highest BCUT2D eigenvalue weighted by Crippen LogP contribution is 2.20. The van der Waals surface area contributed by atoms with Crippen molar-refractivity contribution >= 4 is 21.4 Å². The average molecular weight is 307 g/mol. The quantitative estimate of drug-likeness (QED) is 0.615. The first-order valence-corrected chi connectivity index (χ1v) is 7.79. The van der Waals surface area contributed by atoms with Gasteiger partial charge in [-0.3, -0.25) is 0 Å². The monoisotopic (exact) mass is 307 g/mol. The summed E-state index contributed by atoms with van der Waals surface area (Å²) in [4.78, 5) is -0.0332. The summed E-state index contributed by atoms with van der Waals surface area (Å²) in [7, 11) is -3.79. The molecular weight excluding hydrogens is 290 g/mol. The first kappa shape index (κ1) is 15.3. The van der Waals surface area contributed by atoms with Crippen LogP contribution in [-0.4, -0.2) is 13.5 Å². The fourth-order valence-electron chi connectivity index (χ4n) is 1.93. The molecule has 0 aliphatic heterocycles. The van der Waals surface area contributed by atoms with E-state index in [1.54, 1.807) is 6.07 Å². The number of sulfonamides is 1. The molecule has 0 aliphatic carbocycles. The van der Waals surface area contributed by atoms with Crippen molar-refractivity contribution in [2.75, 3.05) is 11.1 Å². The molecule has 0 unspecified atom stereocenters. The van der Waals surface area contributed by atoms with Gasteiger partial charge in [0.2, 0.25) is 10.0 Å². The van der Waals surface area contributed by atoms with E-state index in [4.69, 9.17) is 16.0 Å². The van der Waals surface area contributed by atoms with Gasteiger partial charge >= 0.3 is 0 Å². The predicted molar refractivity (Wildman–Crippen MR) is 81.9 cm³/mol. The Labute approximate surface area is 123 Å². The molecule has 0 atom stereocenters. The van der Waals surface area contributed by atoms with E-state index in [0.29, 0.717) is 17.9 Å². The number of benzene rings is 2. The number of nitrogens with two attached hydrogens (primary N) is 2. The highest BCUT2D eigenvalue weighted by molar-refractivity contribution is 7.89. The van der Waals surface area contributed by atoms with Crippen molar-refractivity contribution in [2.24, 2.45) is 5.14 Å². The molecule has 0 fully saturated rings. The van der Waals surface area contributed by atoms with Gasteiger partial charge in [0.05, 0.1) is 11.5 Å². The van der Waals surface area contributed by atoms with Gasteiger partial charge in [0.15, 0.2) is 0 Å². The van der Waals surface area contributed by atoms with Crippen LogP contribution in [0.2, 0.25) is 0 Å². The minimum atomic E-state index is -3.79. The number of aliphatic hydroxyl groups excluding tert-OH is 1. The summed E-state index contributed by atoms with van der Waals surface area (Å²) in [5.74, 6) is 0. The van der Waals surface area contributed by atoms with Gasteiger partial charge in [-0.25, -0.2) is 13.6 Å². The molecule has 2 rings (SSSR count). The van der Waals surface area contributed by atoms with Gasteiger partial charge in [-0.15, -0.1) is 0 Å². The second kappa shape index (κ2) is 6.13. The normalized spacial score (nSPS) is 11.3. The van der Waals surface area contributed by atoms with E-state index in [9.17, 15) is 8.42 Å². The molecule has 6 nitrogen and oxygen atoms in total. The van der Waals surface area contributed by atoms with Crippen LogP contribution in [0, 0.1) is 0 Å². The number of aliphatic hydroxyl groups is 1. The number of hydrogen-bond donors (Lipinski definition) is 4. The third kappa shape index (κ3) is 4.19. The van der Waals surface area contributed by atoms with Crippen molar-refractivity contribution in [3.8, 4) is 0 Å². The van der Waals surface area contributed by atoms with Crippen LogP contribution < -0.4 is 16.2 Å². The van der Waals surface area contributed by atoms with E-state index in [-0.39, 0.29) is 11.5 Å². The van der Waals surface area contributed by atoms with Gasteiger partial charge in [0.1, 0.15) is 0 Å². The maximum Gasteiger partial charge on any atom is 0.238 e. The fraction of sp³-hybridized carbons (Fsp3) is 0.143. The minimum absolute atomic E-state index is 0.0261. The van der Waals surface area contributed by atoms with Crippen molar-refractivity contribution in [2.45, 2.75) is 18.0 Å². The first-order chi connectivity index (χ1) is 9.88. The van der Waals surface area contributed by atoms with E-state index in [1.165, 1.54) is 12.1 Å². The van der Waals surface area contributed by atoms with Crippen LogP contribution in [0.4, 0.5) is 11.4 Å². The van der Waals surface area contributed by atoms with Gasteiger partial charge in [0, 0.05) is 17.9 Å². The Balaban J connectivity index is 2.18. The molecule has 0 amide bonds. The van der Waals surface area contributed by atoms with E-state index in [2.05, 4.69) is 5.32 Å². The summed E-state index contributed by atoms with van der Waals surface area (Å²) >= 11 is 0. The lowest BCUT2D eigenvalue weighted by atomic mass is 10.1. The molecule has 0 bridgehead atoms. The maximum absolute atomic E-state index is 11.4. The highest BCUT2D eigenvalue weighted by Gasteiger charge is 2.09. The smallest absolute Gasteiger partial charge is 0.238 e. The Morgan fingerprint density at radius 3 is 2.48 bits per heavy atom. The van der Waals surface area contributed by atoms with Crippen LogP contribution in [0.5, 0.6) is 0 Å². The van der Waals surface area contributed by atoms with Gasteiger partial charge in [-0.2, -0.15) is 0 Å². The Bertz CT molecular complexity index is 745. The lowest BCUT2D eigenvalue weighted by Gasteiger charge is -2.10. The van der Waals surface area contributed by atoms with Crippen LogP contribution in [0.25, 0.3) is 0 Å². The van der Waals surface area contributed by atoms with Crippen molar-refractivity contribution in [1.29, 1.82) is 0 Å². The molecule has 0 heterocycles. The molecule has 6 N–H and O–H groups in total. The van der Waals surface area contributed by atoms with E-state index >= 15 is 0 Å². The van der Waals surface area contributed by atoms with Crippen LogP contribution >= 0.6 is 0 Å². The highest BCUT2D eigenvalue weighted by atomic mass is 32.2. The van der Waals surface area contributed by atoms with E-state index < -0.39 is 10.0 Å². The topological polar surface area (TPSA) is 118 Å². The van der Waals surface area contributed by atoms with Crippen molar-refractivity contribution < 1.29 is 13.5 Å². The van der Waals surface area contributed by atoms with Crippen molar-refractivity contribution in [3.63, 3.8) is 0 Å². The summed E-state index contributed by atoms with van der Waals surface area (Å²) in [6, 6.07) is 11.8. The third-order valence-corrected chi connectivity index (χ3v) is 3.82. The molecule has 0 radical (unpaired) electrons. The molecule has 112 valence electrons. The summed E-state index contributed by atoms with van der Waals surface area (Å²) in [5.41, 5.74) is 8.33.